The van der Waals surface area contributed by atoms with Crippen molar-refractivity contribution in [3.63, 3.8) is 0 Å². The van der Waals surface area contributed by atoms with Crippen molar-refractivity contribution in [2.45, 2.75) is 6.42 Å². The zero-order valence-corrected chi connectivity index (χ0v) is 24.6. The Balaban J connectivity index is 1.41. The molecule has 7 aromatic rings. The first-order valence-corrected chi connectivity index (χ1v) is 15.1. The second-order valence-electron chi connectivity index (χ2n) is 11.0. The van der Waals surface area contributed by atoms with Crippen LogP contribution in [0.25, 0.3) is 50.3 Å². The van der Waals surface area contributed by atoms with E-state index in [0.717, 1.165) is 56.6 Å². The maximum atomic E-state index is 5.08. The van der Waals surface area contributed by atoms with Crippen molar-refractivity contribution >= 4 is 33.4 Å². The van der Waals surface area contributed by atoms with Crippen LogP contribution in [0.3, 0.4) is 0 Å². The third-order valence-corrected chi connectivity index (χ3v) is 8.18. The molecule has 1 aliphatic rings. The molecule has 5 aromatic carbocycles. The van der Waals surface area contributed by atoms with Crippen molar-refractivity contribution in [1.29, 1.82) is 0 Å². The molecule has 0 unspecified atom stereocenters. The van der Waals surface area contributed by atoms with E-state index >= 15 is 0 Å². The van der Waals surface area contributed by atoms with E-state index in [2.05, 4.69) is 94.9 Å². The lowest BCUT2D eigenvalue weighted by Crippen LogP contribution is -2.20. The summed E-state index contributed by atoms with van der Waals surface area (Å²) in [4.78, 5) is 17.2. The summed E-state index contributed by atoms with van der Waals surface area (Å²) in [6.07, 6.45) is 9.03. The highest BCUT2D eigenvalue weighted by molar-refractivity contribution is 6.11. The van der Waals surface area contributed by atoms with Crippen molar-refractivity contribution in [3.05, 3.63) is 170 Å². The molecule has 0 aliphatic carbocycles. The van der Waals surface area contributed by atoms with E-state index in [1.807, 2.05) is 72.8 Å². The van der Waals surface area contributed by atoms with Gasteiger partial charge in [-0.3, -0.25) is 4.90 Å². The van der Waals surface area contributed by atoms with Gasteiger partial charge in [-0.25, -0.2) is 4.98 Å². The SMILES string of the molecule is C=C1/C=C\C=C/Cc2cc3c(cc2N1c1nc(-c2ccccc2)nc(-c2ccccc2)n1)c1ccccc1n3-c1ccccc1. The van der Waals surface area contributed by atoms with E-state index in [1.165, 1.54) is 5.39 Å². The molecular formula is C40H29N5. The molecule has 1 aliphatic heterocycles. The average molecular weight is 580 g/mol. The highest BCUT2D eigenvalue weighted by atomic mass is 15.3. The Labute approximate surface area is 261 Å². The zero-order chi connectivity index (χ0) is 30.2. The summed E-state index contributed by atoms with van der Waals surface area (Å²) < 4.78 is 2.35. The summed E-state index contributed by atoms with van der Waals surface area (Å²) in [6.45, 7) is 4.51. The highest BCUT2D eigenvalue weighted by Crippen LogP contribution is 2.40. The summed E-state index contributed by atoms with van der Waals surface area (Å²) in [5.41, 5.74) is 8.18. The van der Waals surface area contributed by atoms with Crippen molar-refractivity contribution in [3.8, 4) is 28.5 Å². The number of allylic oxidation sites excluding steroid dienone is 4. The van der Waals surface area contributed by atoms with Crippen LogP contribution in [0.15, 0.2) is 164 Å². The van der Waals surface area contributed by atoms with E-state index in [1.54, 1.807) is 0 Å². The van der Waals surface area contributed by atoms with Gasteiger partial charge in [0.25, 0.3) is 0 Å². The Kier molecular flexibility index (Phi) is 6.61. The molecule has 3 heterocycles. The van der Waals surface area contributed by atoms with E-state index in [9.17, 15) is 0 Å². The lowest BCUT2D eigenvalue weighted by molar-refractivity contribution is 0.999. The predicted octanol–water partition coefficient (Wildman–Crippen LogP) is 9.62. The van der Waals surface area contributed by atoms with Gasteiger partial charge in [0, 0.05) is 33.3 Å². The quantitative estimate of drug-likeness (QED) is 0.208. The molecule has 0 spiro atoms. The molecule has 0 fully saturated rings. The molecule has 2 aromatic heterocycles. The van der Waals surface area contributed by atoms with Crippen LogP contribution in [0.1, 0.15) is 5.56 Å². The number of nitrogens with zero attached hydrogens (tertiary/aromatic N) is 5. The molecule has 214 valence electrons. The third kappa shape index (κ3) is 4.81. The lowest BCUT2D eigenvalue weighted by atomic mass is 10.0. The van der Waals surface area contributed by atoms with Gasteiger partial charge < -0.3 is 4.57 Å². The van der Waals surface area contributed by atoms with Gasteiger partial charge in [-0.05, 0) is 48.4 Å². The third-order valence-electron chi connectivity index (χ3n) is 8.18. The molecule has 0 saturated heterocycles. The number of benzene rings is 5. The van der Waals surface area contributed by atoms with Gasteiger partial charge in [0.2, 0.25) is 5.95 Å². The Hall–Kier alpha value is -6.07. The van der Waals surface area contributed by atoms with Crippen LogP contribution in [0.4, 0.5) is 11.6 Å². The maximum absolute atomic E-state index is 5.08. The second-order valence-corrected chi connectivity index (χ2v) is 11.0. The molecule has 0 radical (unpaired) electrons. The van der Waals surface area contributed by atoms with E-state index < -0.39 is 0 Å². The largest absolute Gasteiger partial charge is 0.309 e. The Morgan fingerprint density at radius 3 is 1.89 bits per heavy atom. The van der Waals surface area contributed by atoms with Crippen molar-refractivity contribution in [1.82, 2.24) is 19.5 Å². The van der Waals surface area contributed by atoms with Crippen LogP contribution in [0.2, 0.25) is 0 Å². The minimum absolute atomic E-state index is 0.520. The summed E-state index contributed by atoms with van der Waals surface area (Å²) in [5, 5.41) is 2.33. The standard InChI is InChI=1S/C40H29N5/c1-28-16-6-2-11-21-31-26-37-34(33-24-14-15-25-35(33)45(37)32-22-12-5-13-23-32)27-36(31)44(28)40-42-38(29-17-7-3-8-18-29)41-39(43-40)30-19-9-4-10-20-30/h2-20,22-27H,1,21H2/b11-2-,16-6-. The lowest BCUT2D eigenvalue weighted by Gasteiger charge is -2.26. The number of aromatic nitrogens is 4. The number of hydrogen-bond donors (Lipinski definition) is 0. The predicted molar refractivity (Wildman–Crippen MR) is 185 cm³/mol. The smallest absolute Gasteiger partial charge is 0.238 e. The number of rotatable bonds is 4. The summed E-state index contributed by atoms with van der Waals surface area (Å²) >= 11 is 0. The molecular weight excluding hydrogens is 550 g/mol. The second kappa shape index (κ2) is 11.2. The molecule has 0 N–H and O–H groups in total. The minimum atomic E-state index is 0.520. The average Bonchev–Trinajstić information content (AvgIpc) is 3.45. The summed E-state index contributed by atoms with van der Waals surface area (Å²) in [5.74, 6) is 1.74. The highest BCUT2D eigenvalue weighted by Gasteiger charge is 2.24. The number of fused-ring (bicyclic) bond motifs is 4. The van der Waals surface area contributed by atoms with Gasteiger partial charge in [0.15, 0.2) is 11.6 Å². The molecule has 0 atom stereocenters. The van der Waals surface area contributed by atoms with Crippen molar-refractivity contribution in [2.75, 3.05) is 4.90 Å². The fourth-order valence-corrected chi connectivity index (χ4v) is 6.08. The van der Waals surface area contributed by atoms with Crippen LogP contribution >= 0.6 is 0 Å². The van der Waals surface area contributed by atoms with Gasteiger partial charge in [0.05, 0.1) is 16.7 Å². The van der Waals surface area contributed by atoms with Gasteiger partial charge in [-0.1, -0.05) is 122 Å². The number of para-hydroxylation sites is 2. The molecule has 8 rings (SSSR count). The van der Waals surface area contributed by atoms with Gasteiger partial charge >= 0.3 is 0 Å². The molecule has 0 saturated carbocycles. The van der Waals surface area contributed by atoms with E-state index in [4.69, 9.17) is 15.0 Å². The van der Waals surface area contributed by atoms with Crippen molar-refractivity contribution < 1.29 is 0 Å². The Morgan fingerprint density at radius 2 is 1.20 bits per heavy atom. The minimum Gasteiger partial charge on any atom is -0.309 e. The van der Waals surface area contributed by atoms with Crippen LogP contribution < -0.4 is 4.90 Å². The topological polar surface area (TPSA) is 46.8 Å². The van der Waals surface area contributed by atoms with Gasteiger partial charge in [-0.2, -0.15) is 9.97 Å². The fourth-order valence-electron chi connectivity index (χ4n) is 6.08. The maximum Gasteiger partial charge on any atom is 0.238 e. The first-order valence-electron chi connectivity index (χ1n) is 15.1. The van der Waals surface area contributed by atoms with Crippen LogP contribution in [-0.4, -0.2) is 19.5 Å². The van der Waals surface area contributed by atoms with Crippen molar-refractivity contribution in [2.24, 2.45) is 0 Å². The summed E-state index contributed by atoms with van der Waals surface area (Å²) in [6, 6.07) is 43.8. The zero-order valence-electron chi connectivity index (χ0n) is 24.6. The van der Waals surface area contributed by atoms with Gasteiger partial charge in [0.1, 0.15) is 0 Å². The number of anilines is 2. The first-order chi connectivity index (χ1) is 22.2. The van der Waals surface area contributed by atoms with E-state index in [-0.39, 0.29) is 0 Å². The molecule has 5 nitrogen and oxygen atoms in total. The van der Waals surface area contributed by atoms with E-state index in [0.29, 0.717) is 17.6 Å². The Bertz CT molecular complexity index is 2190. The number of hydrogen-bond acceptors (Lipinski definition) is 4. The monoisotopic (exact) mass is 579 g/mol. The fraction of sp³-hybridized carbons (Fsp3) is 0.0250. The molecule has 45 heavy (non-hydrogen) atoms. The van der Waals surface area contributed by atoms with Crippen LogP contribution in [0, 0.1) is 0 Å². The first kappa shape index (κ1) is 26.5. The summed E-state index contributed by atoms with van der Waals surface area (Å²) in [7, 11) is 0. The Morgan fingerprint density at radius 1 is 0.578 bits per heavy atom. The van der Waals surface area contributed by atoms with Crippen LogP contribution in [0.5, 0.6) is 0 Å². The molecule has 5 heteroatoms. The van der Waals surface area contributed by atoms with Gasteiger partial charge in [-0.15, -0.1) is 0 Å². The van der Waals surface area contributed by atoms with Crippen LogP contribution in [-0.2, 0) is 6.42 Å². The molecule has 0 amide bonds. The normalized spacial score (nSPS) is 14.5. The molecule has 0 bridgehead atoms.